The Labute approximate surface area is 140 Å². The number of nitrogens with zero attached hydrogens (tertiary/aromatic N) is 2. The van der Waals surface area contributed by atoms with Crippen LogP contribution in [0.1, 0.15) is 32.6 Å². The van der Waals surface area contributed by atoms with Gasteiger partial charge in [0.25, 0.3) is 0 Å². The number of nitrogens with one attached hydrogen (secondary N) is 2. The zero-order valence-electron chi connectivity index (χ0n) is 15.0. The average Bonchev–Trinajstić information content (AvgIpc) is 2.54. The highest BCUT2D eigenvalue weighted by atomic mass is 16.5. The van der Waals surface area contributed by atoms with E-state index in [2.05, 4.69) is 41.5 Å². The highest BCUT2D eigenvalue weighted by molar-refractivity contribution is 5.73. The topological polar surface area (TPSA) is 56.8 Å². The van der Waals surface area contributed by atoms with E-state index >= 15 is 0 Å². The van der Waals surface area contributed by atoms with Gasteiger partial charge in [-0.25, -0.2) is 4.79 Å². The second kappa shape index (κ2) is 9.45. The molecule has 1 saturated heterocycles. The van der Waals surface area contributed by atoms with Crippen LogP contribution in [0.15, 0.2) is 0 Å². The Morgan fingerprint density at radius 3 is 2.74 bits per heavy atom. The summed E-state index contributed by atoms with van der Waals surface area (Å²) >= 11 is 0. The van der Waals surface area contributed by atoms with Crippen molar-refractivity contribution in [3.8, 4) is 0 Å². The summed E-state index contributed by atoms with van der Waals surface area (Å²) in [6.07, 6.45) is 5.40. The van der Waals surface area contributed by atoms with E-state index in [1.807, 2.05) is 0 Å². The Hall–Kier alpha value is -0.850. The molecule has 0 aromatic rings. The van der Waals surface area contributed by atoms with Gasteiger partial charge in [-0.1, -0.05) is 19.8 Å². The molecule has 2 amide bonds. The van der Waals surface area contributed by atoms with E-state index in [0.29, 0.717) is 37.8 Å². The normalized spacial score (nSPS) is 30.1. The first-order chi connectivity index (χ1) is 11.1. The van der Waals surface area contributed by atoms with E-state index in [1.54, 1.807) is 0 Å². The summed E-state index contributed by atoms with van der Waals surface area (Å²) in [6.45, 7) is 7.28. The molecule has 2 N–H and O–H groups in total. The number of carbonyl (C=O) groups is 1. The van der Waals surface area contributed by atoms with Crippen LogP contribution in [-0.2, 0) is 4.74 Å². The minimum atomic E-state index is -0.0908. The third-order valence-corrected chi connectivity index (χ3v) is 5.23. The lowest BCUT2D eigenvalue weighted by Crippen LogP contribution is -2.55. The van der Waals surface area contributed by atoms with Gasteiger partial charge >= 0.3 is 6.03 Å². The highest BCUT2D eigenvalue weighted by Gasteiger charge is 2.23. The number of likely N-dealkylation sites (N-methyl/N-ethyl adjacent to an activating group) is 2. The summed E-state index contributed by atoms with van der Waals surface area (Å²) in [5, 5.41) is 5.87. The summed E-state index contributed by atoms with van der Waals surface area (Å²) in [6, 6.07) is 0.297. The largest absolute Gasteiger partial charge is 0.376 e. The van der Waals surface area contributed by atoms with E-state index in [-0.39, 0.29) is 6.03 Å². The van der Waals surface area contributed by atoms with Gasteiger partial charge in [0.05, 0.1) is 12.7 Å². The highest BCUT2D eigenvalue weighted by Crippen LogP contribution is 2.25. The van der Waals surface area contributed by atoms with Gasteiger partial charge < -0.3 is 20.3 Å². The van der Waals surface area contributed by atoms with Gasteiger partial charge in [-0.3, -0.25) is 4.90 Å². The zero-order chi connectivity index (χ0) is 16.7. The van der Waals surface area contributed by atoms with Gasteiger partial charge in [-0.05, 0) is 32.9 Å². The van der Waals surface area contributed by atoms with E-state index in [0.717, 1.165) is 26.1 Å². The van der Waals surface area contributed by atoms with Crippen molar-refractivity contribution in [3.05, 3.63) is 0 Å². The predicted molar refractivity (Wildman–Crippen MR) is 92.7 cm³/mol. The SMILES string of the molecule is CC1CCCCC1OCCNC(=O)NCC1CN(C)CCN1C. The fourth-order valence-electron chi connectivity index (χ4n) is 3.50. The predicted octanol–water partition coefficient (Wildman–Crippen LogP) is 1.13. The molecule has 2 fully saturated rings. The molecular weight excluding hydrogens is 292 g/mol. The molecule has 0 radical (unpaired) electrons. The molecule has 6 nitrogen and oxygen atoms in total. The molecule has 2 aliphatic rings. The maximum atomic E-state index is 11.9. The molecule has 0 spiro atoms. The summed E-state index contributed by atoms with van der Waals surface area (Å²) in [4.78, 5) is 16.5. The van der Waals surface area contributed by atoms with Gasteiger partial charge in [0.2, 0.25) is 0 Å². The summed E-state index contributed by atoms with van der Waals surface area (Å²) in [5.74, 6) is 0.649. The van der Waals surface area contributed by atoms with E-state index in [1.165, 1.54) is 19.3 Å². The molecule has 0 aromatic heterocycles. The van der Waals surface area contributed by atoms with Crippen LogP contribution in [0.4, 0.5) is 4.79 Å². The molecule has 3 atom stereocenters. The molecule has 1 aliphatic heterocycles. The molecule has 1 saturated carbocycles. The molecular formula is C17H34N4O2. The lowest BCUT2D eigenvalue weighted by molar-refractivity contribution is -0.00244. The Morgan fingerprint density at radius 1 is 1.17 bits per heavy atom. The van der Waals surface area contributed by atoms with Crippen molar-refractivity contribution in [1.82, 2.24) is 20.4 Å². The second-order valence-corrected chi connectivity index (χ2v) is 7.20. The maximum absolute atomic E-state index is 11.9. The van der Waals surface area contributed by atoms with Crippen LogP contribution in [0, 0.1) is 5.92 Å². The smallest absolute Gasteiger partial charge is 0.314 e. The first-order valence-corrected chi connectivity index (χ1v) is 9.08. The zero-order valence-corrected chi connectivity index (χ0v) is 15.0. The van der Waals surface area contributed by atoms with Crippen LogP contribution < -0.4 is 10.6 Å². The van der Waals surface area contributed by atoms with E-state index < -0.39 is 0 Å². The van der Waals surface area contributed by atoms with Crippen molar-refractivity contribution in [2.24, 2.45) is 5.92 Å². The Morgan fingerprint density at radius 2 is 1.96 bits per heavy atom. The summed E-state index contributed by atoms with van der Waals surface area (Å²) < 4.78 is 5.91. The molecule has 134 valence electrons. The first-order valence-electron chi connectivity index (χ1n) is 9.08. The monoisotopic (exact) mass is 326 g/mol. The molecule has 1 aliphatic carbocycles. The van der Waals surface area contributed by atoms with E-state index in [4.69, 9.17) is 4.74 Å². The standard InChI is InChI=1S/C17H34N4O2/c1-14-6-4-5-7-16(14)23-11-8-18-17(22)19-12-15-13-20(2)9-10-21(15)3/h14-16H,4-13H2,1-3H3,(H2,18,19,22). The number of rotatable bonds is 6. The van der Waals surface area contributed by atoms with Crippen LogP contribution in [0.3, 0.4) is 0 Å². The molecule has 0 bridgehead atoms. The third kappa shape index (κ3) is 6.28. The molecule has 6 heteroatoms. The van der Waals surface area contributed by atoms with Gasteiger partial charge in [-0.15, -0.1) is 0 Å². The van der Waals surface area contributed by atoms with Crippen LogP contribution in [0.5, 0.6) is 0 Å². The molecule has 1 heterocycles. The van der Waals surface area contributed by atoms with E-state index in [9.17, 15) is 4.79 Å². The number of hydrogen-bond acceptors (Lipinski definition) is 4. The molecule has 23 heavy (non-hydrogen) atoms. The van der Waals surface area contributed by atoms with Gasteiger partial charge in [-0.2, -0.15) is 0 Å². The van der Waals surface area contributed by atoms with Crippen molar-refractivity contribution >= 4 is 6.03 Å². The maximum Gasteiger partial charge on any atom is 0.314 e. The minimum absolute atomic E-state index is 0.0908. The van der Waals surface area contributed by atoms with Crippen molar-refractivity contribution in [2.75, 3.05) is 53.4 Å². The fourth-order valence-corrected chi connectivity index (χ4v) is 3.50. The third-order valence-electron chi connectivity index (χ3n) is 5.23. The van der Waals surface area contributed by atoms with Crippen molar-refractivity contribution in [3.63, 3.8) is 0 Å². The Kier molecular flexibility index (Phi) is 7.59. The average molecular weight is 326 g/mol. The lowest BCUT2D eigenvalue weighted by atomic mass is 9.88. The molecule has 3 unspecified atom stereocenters. The number of urea groups is 1. The van der Waals surface area contributed by atoms with Gasteiger partial charge in [0, 0.05) is 38.8 Å². The lowest BCUT2D eigenvalue weighted by Gasteiger charge is -2.37. The van der Waals surface area contributed by atoms with Gasteiger partial charge in [0.1, 0.15) is 0 Å². The summed E-state index contributed by atoms with van der Waals surface area (Å²) in [7, 11) is 4.25. The van der Waals surface area contributed by atoms with Crippen LogP contribution in [-0.4, -0.2) is 81.4 Å². The number of hydrogen-bond donors (Lipinski definition) is 2. The Bertz CT molecular complexity index is 367. The fraction of sp³-hybridized carbons (Fsp3) is 0.941. The van der Waals surface area contributed by atoms with Crippen LogP contribution >= 0.6 is 0 Å². The van der Waals surface area contributed by atoms with Gasteiger partial charge in [0.15, 0.2) is 0 Å². The number of ether oxygens (including phenoxy) is 1. The van der Waals surface area contributed by atoms with Crippen molar-refractivity contribution in [1.29, 1.82) is 0 Å². The number of piperazine rings is 1. The van der Waals surface area contributed by atoms with Crippen molar-refractivity contribution < 1.29 is 9.53 Å². The molecule has 2 rings (SSSR count). The quantitative estimate of drug-likeness (QED) is 0.719. The number of amides is 2. The second-order valence-electron chi connectivity index (χ2n) is 7.20. The Balaban J connectivity index is 1.54. The van der Waals surface area contributed by atoms with Crippen LogP contribution in [0.2, 0.25) is 0 Å². The number of carbonyl (C=O) groups excluding carboxylic acids is 1. The first kappa shape index (κ1) is 18.5. The van der Waals surface area contributed by atoms with Crippen LogP contribution in [0.25, 0.3) is 0 Å². The summed E-state index contributed by atoms with van der Waals surface area (Å²) in [5.41, 5.74) is 0. The molecule has 0 aromatic carbocycles. The van der Waals surface area contributed by atoms with Crippen molar-refractivity contribution in [2.45, 2.75) is 44.8 Å². The minimum Gasteiger partial charge on any atom is -0.376 e.